The number of methoxy groups -OCH3 is 1. The molecule has 0 amide bonds. The first-order chi connectivity index (χ1) is 12.5. The van der Waals surface area contributed by atoms with E-state index in [2.05, 4.69) is 0 Å². The molecule has 0 aromatic heterocycles. The summed E-state index contributed by atoms with van der Waals surface area (Å²) >= 11 is 5.89. The zero-order chi connectivity index (χ0) is 18.9. The van der Waals surface area contributed by atoms with E-state index >= 15 is 0 Å². The van der Waals surface area contributed by atoms with Gasteiger partial charge in [-0.2, -0.15) is 0 Å². The number of carboxylic acids is 1. The van der Waals surface area contributed by atoms with Gasteiger partial charge in [0.05, 0.1) is 13.7 Å². The minimum Gasteiger partial charge on any atom is -0.493 e. The van der Waals surface area contributed by atoms with Gasteiger partial charge in [-0.3, -0.25) is 9.69 Å². The number of carbonyl (C=O) groups is 1. The summed E-state index contributed by atoms with van der Waals surface area (Å²) in [6, 6.07) is 13.2. The summed E-state index contributed by atoms with van der Waals surface area (Å²) in [6.45, 7) is 3.74. The Bertz CT molecular complexity index is 718. The number of hydrogen-bond donors (Lipinski definition) is 1. The molecule has 0 aliphatic heterocycles. The van der Waals surface area contributed by atoms with Crippen molar-refractivity contribution in [2.45, 2.75) is 26.5 Å². The third-order valence-corrected chi connectivity index (χ3v) is 4.09. The topological polar surface area (TPSA) is 59.0 Å². The molecule has 26 heavy (non-hydrogen) atoms. The molecule has 0 saturated heterocycles. The van der Waals surface area contributed by atoms with Crippen LogP contribution in [0.3, 0.4) is 0 Å². The number of carboxylic acid groups (broad SMARTS) is 1. The highest BCUT2D eigenvalue weighted by molar-refractivity contribution is 6.30. The summed E-state index contributed by atoms with van der Waals surface area (Å²) in [7, 11) is 1.59. The van der Waals surface area contributed by atoms with Gasteiger partial charge < -0.3 is 14.6 Å². The molecule has 2 aromatic carbocycles. The lowest BCUT2D eigenvalue weighted by atomic mass is 10.1. The minimum absolute atomic E-state index is 0.0188. The fourth-order valence-corrected chi connectivity index (χ4v) is 2.78. The first kappa shape index (κ1) is 20.1. The molecule has 0 radical (unpaired) electrons. The number of nitrogens with zero attached hydrogens (tertiary/aromatic N) is 1. The molecule has 0 bridgehead atoms. The number of hydrogen-bond acceptors (Lipinski definition) is 4. The molecule has 5 nitrogen and oxygen atoms in total. The van der Waals surface area contributed by atoms with Gasteiger partial charge in [0.15, 0.2) is 11.5 Å². The Kier molecular flexibility index (Phi) is 7.75. The Labute approximate surface area is 159 Å². The van der Waals surface area contributed by atoms with Crippen molar-refractivity contribution in [3.63, 3.8) is 0 Å². The van der Waals surface area contributed by atoms with Crippen LogP contribution in [0.25, 0.3) is 0 Å². The largest absolute Gasteiger partial charge is 0.493 e. The molecule has 0 atom stereocenters. The Hall–Kier alpha value is -2.24. The number of benzene rings is 2. The van der Waals surface area contributed by atoms with Crippen molar-refractivity contribution in [2.75, 3.05) is 20.2 Å². The van der Waals surface area contributed by atoms with Crippen LogP contribution in [0.4, 0.5) is 0 Å². The number of rotatable bonds is 10. The molecule has 0 aliphatic carbocycles. The number of ether oxygens (including phenoxy) is 2. The highest BCUT2D eigenvalue weighted by Gasteiger charge is 2.12. The molecule has 0 aliphatic rings. The highest BCUT2D eigenvalue weighted by Crippen LogP contribution is 2.29. The second-order valence-electron chi connectivity index (χ2n) is 6.00. The Morgan fingerprint density at radius 2 is 1.81 bits per heavy atom. The van der Waals surface area contributed by atoms with E-state index in [0.717, 1.165) is 24.1 Å². The first-order valence-electron chi connectivity index (χ1n) is 8.50. The zero-order valence-corrected chi connectivity index (χ0v) is 15.8. The summed E-state index contributed by atoms with van der Waals surface area (Å²) in [5.74, 6) is 0.447. The Morgan fingerprint density at radius 1 is 1.12 bits per heavy atom. The standard InChI is InChI=1S/C20H24ClNO4/c1-3-10-22(13-20(23)24)12-16-6-9-18(19(11-16)25-2)26-14-15-4-7-17(21)8-5-15/h4-9,11H,3,10,12-14H2,1-2H3,(H,23,24). The quantitative estimate of drug-likeness (QED) is 0.671. The van der Waals surface area contributed by atoms with Crippen LogP contribution in [-0.2, 0) is 17.9 Å². The van der Waals surface area contributed by atoms with Crippen molar-refractivity contribution in [1.29, 1.82) is 0 Å². The molecule has 6 heteroatoms. The molecule has 0 heterocycles. The second-order valence-corrected chi connectivity index (χ2v) is 6.44. The maximum Gasteiger partial charge on any atom is 0.317 e. The SMILES string of the molecule is CCCN(CC(=O)O)Cc1ccc(OCc2ccc(Cl)cc2)c(OC)c1. The smallest absolute Gasteiger partial charge is 0.317 e. The van der Waals surface area contributed by atoms with E-state index in [9.17, 15) is 4.79 Å². The van der Waals surface area contributed by atoms with Gasteiger partial charge in [-0.05, 0) is 48.4 Å². The van der Waals surface area contributed by atoms with Gasteiger partial charge in [0, 0.05) is 11.6 Å². The molecule has 2 aromatic rings. The predicted octanol–water partition coefficient (Wildman–Crippen LogP) is 4.22. The monoisotopic (exact) mass is 377 g/mol. The lowest BCUT2D eigenvalue weighted by Gasteiger charge is -2.20. The van der Waals surface area contributed by atoms with Gasteiger partial charge in [0.1, 0.15) is 6.61 Å². The highest BCUT2D eigenvalue weighted by atomic mass is 35.5. The van der Waals surface area contributed by atoms with Crippen LogP contribution in [0, 0.1) is 0 Å². The Balaban J connectivity index is 2.05. The third kappa shape index (κ3) is 6.24. The summed E-state index contributed by atoms with van der Waals surface area (Å²) in [6.07, 6.45) is 0.896. The molecule has 0 spiro atoms. The van der Waals surface area contributed by atoms with Gasteiger partial charge in [-0.15, -0.1) is 0 Å². The number of halogens is 1. The fourth-order valence-electron chi connectivity index (χ4n) is 2.65. The van der Waals surface area contributed by atoms with E-state index < -0.39 is 5.97 Å². The van der Waals surface area contributed by atoms with Crippen molar-refractivity contribution in [3.8, 4) is 11.5 Å². The number of aliphatic carboxylic acids is 1. The molecule has 0 saturated carbocycles. The molecular formula is C20H24ClNO4. The van der Waals surface area contributed by atoms with Gasteiger partial charge in [0.2, 0.25) is 0 Å². The average molecular weight is 378 g/mol. The van der Waals surface area contributed by atoms with Crippen LogP contribution in [0.15, 0.2) is 42.5 Å². The van der Waals surface area contributed by atoms with Crippen molar-refractivity contribution in [1.82, 2.24) is 4.90 Å². The van der Waals surface area contributed by atoms with Crippen molar-refractivity contribution >= 4 is 17.6 Å². The lowest BCUT2D eigenvalue weighted by molar-refractivity contribution is -0.138. The molecule has 0 unspecified atom stereocenters. The summed E-state index contributed by atoms with van der Waals surface area (Å²) < 4.78 is 11.3. The zero-order valence-electron chi connectivity index (χ0n) is 15.1. The van der Waals surface area contributed by atoms with E-state index in [1.54, 1.807) is 7.11 Å². The van der Waals surface area contributed by atoms with Crippen LogP contribution < -0.4 is 9.47 Å². The molecular weight excluding hydrogens is 354 g/mol. The van der Waals surface area contributed by atoms with Crippen LogP contribution in [0.1, 0.15) is 24.5 Å². The maximum atomic E-state index is 11.0. The molecule has 0 fully saturated rings. The summed E-state index contributed by atoms with van der Waals surface area (Å²) in [4.78, 5) is 12.9. The fraction of sp³-hybridized carbons (Fsp3) is 0.350. The van der Waals surface area contributed by atoms with Gasteiger partial charge >= 0.3 is 5.97 Å². The summed E-state index contributed by atoms with van der Waals surface area (Å²) in [5, 5.41) is 9.72. The van der Waals surface area contributed by atoms with Crippen LogP contribution in [0.5, 0.6) is 11.5 Å². The molecule has 140 valence electrons. The van der Waals surface area contributed by atoms with Crippen LogP contribution >= 0.6 is 11.6 Å². The van der Waals surface area contributed by atoms with E-state index in [0.29, 0.717) is 29.7 Å². The Morgan fingerprint density at radius 3 is 2.42 bits per heavy atom. The first-order valence-corrected chi connectivity index (χ1v) is 8.88. The molecule has 2 rings (SSSR count). The third-order valence-electron chi connectivity index (χ3n) is 3.84. The van der Waals surface area contributed by atoms with Gasteiger partial charge in [-0.1, -0.05) is 36.7 Å². The van der Waals surface area contributed by atoms with E-state index in [1.807, 2.05) is 54.3 Å². The van der Waals surface area contributed by atoms with Crippen molar-refractivity contribution in [3.05, 3.63) is 58.6 Å². The van der Waals surface area contributed by atoms with Crippen molar-refractivity contribution < 1.29 is 19.4 Å². The maximum absolute atomic E-state index is 11.0. The van der Waals surface area contributed by atoms with E-state index in [4.69, 9.17) is 26.2 Å². The molecule has 1 N–H and O–H groups in total. The van der Waals surface area contributed by atoms with Gasteiger partial charge in [-0.25, -0.2) is 0 Å². The minimum atomic E-state index is -0.826. The second kappa shape index (κ2) is 10.0. The summed E-state index contributed by atoms with van der Waals surface area (Å²) in [5.41, 5.74) is 1.99. The predicted molar refractivity (Wildman–Crippen MR) is 102 cm³/mol. The van der Waals surface area contributed by atoms with Gasteiger partial charge in [0.25, 0.3) is 0 Å². The lowest BCUT2D eigenvalue weighted by Crippen LogP contribution is -2.30. The van der Waals surface area contributed by atoms with E-state index in [-0.39, 0.29) is 6.54 Å². The average Bonchev–Trinajstić information content (AvgIpc) is 2.61. The van der Waals surface area contributed by atoms with Crippen LogP contribution in [0.2, 0.25) is 5.02 Å². The van der Waals surface area contributed by atoms with Crippen molar-refractivity contribution in [2.24, 2.45) is 0 Å². The normalized spacial score (nSPS) is 10.8. The van der Waals surface area contributed by atoms with Crippen LogP contribution in [-0.4, -0.2) is 36.2 Å². The van der Waals surface area contributed by atoms with E-state index in [1.165, 1.54) is 0 Å².